The van der Waals surface area contributed by atoms with Crippen molar-refractivity contribution in [2.24, 2.45) is 0 Å². The van der Waals surface area contributed by atoms with Gasteiger partial charge in [-0.3, -0.25) is 14.9 Å². The molecule has 1 amide bonds. The van der Waals surface area contributed by atoms with E-state index in [9.17, 15) is 14.9 Å². The van der Waals surface area contributed by atoms with E-state index in [0.717, 1.165) is 54.8 Å². The summed E-state index contributed by atoms with van der Waals surface area (Å²) in [5, 5.41) is 12.2. The molecule has 7 nitrogen and oxygen atoms in total. The third-order valence-electron chi connectivity index (χ3n) is 7.01. The van der Waals surface area contributed by atoms with Gasteiger partial charge in [0.2, 0.25) is 5.91 Å². The van der Waals surface area contributed by atoms with Crippen LogP contribution in [0.15, 0.2) is 48.7 Å². The number of hydrogen-bond donors (Lipinski definition) is 1. The second kappa shape index (κ2) is 9.58. The Morgan fingerprint density at radius 1 is 1.09 bits per heavy atom. The van der Waals surface area contributed by atoms with Crippen LogP contribution < -0.4 is 0 Å². The van der Waals surface area contributed by atoms with Gasteiger partial charge in [0.1, 0.15) is 0 Å². The van der Waals surface area contributed by atoms with Crippen LogP contribution in [0.4, 0.5) is 5.69 Å². The number of H-pyrrole nitrogens is 1. The third kappa shape index (κ3) is 4.99. The predicted molar refractivity (Wildman–Crippen MR) is 135 cm³/mol. The number of aromatic nitrogens is 1. The van der Waals surface area contributed by atoms with E-state index >= 15 is 0 Å². The molecule has 0 radical (unpaired) electrons. The van der Waals surface area contributed by atoms with Crippen molar-refractivity contribution in [2.75, 3.05) is 32.7 Å². The Morgan fingerprint density at radius 2 is 1.76 bits per heavy atom. The van der Waals surface area contributed by atoms with Gasteiger partial charge in [-0.05, 0) is 34.7 Å². The zero-order chi connectivity index (χ0) is 24.5. The number of rotatable bonds is 6. The van der Waals surface area contributed by atoms with E-state index < -0.39 is 0 Å². The molecule has 1 aromatic heterocycles. The summed E-state index contributed by atoms with van der Waals surface area (Å²) in [6.45, 7) is 12.9. The number of nitrogens with zero attached hydrogens (tertiary/aromatic N) is 3. The van der Waals surface area contributed by atoms with Crippen molar-refractivity contribution < 1.29 is 9.72 Å². The van der Waals surface area contributed by atoms with E-state index in [1.54, 1.807) is 12.1 Å². The lowest BCUT2D eigenvalue weighted by Gasteiger charge is -2.35. The largest absolute Gasteiger partial charge is 0.361 e. The van der Waals surface area contributed by atoms with Crippen molar-refractivity contribution in [3.63, 3.8) is 0 Å². The summed E-state index contributed by atoms with van der Waals surface area (Å²) in [6.07, 6.45) is 2.23. The zero-order valence-electron chi connectivity index (χ0n) is 20.5. The Balaban J connectivity index is 1.70. The monoisotopic (exact) mass is 462 g/mol. The Bertz CT molecular complexity index is 1170. The van der Waals surface area contributed by atoms with Gasteiger partial charge in [0.15, 0.2) is 0 Å². The first-order chi connectivity index (χ1) is 16.2. The summed E-state index contributed by atoms with van der Waals surface area (Å²) in [4.78, 5) is 32.0. The Morgan fingerprint density at radius 3 is 2.35 bits per heavy atom. The van der Waals surface area contributed by atoms with Crippen molar-refractivity contribution in [3.8, 4) is 0 Å². The number of non-ortho nitro benzene ring substituents is 1. The number of carbonyl (C=O) groups is 1. The minimum absolute atomic E-state index is 0.0319. The van der Waals surface area contributed by atoms with Crippen molar-refractivity contribution in [1.29, 1.82) is 0 Å². The minimum Gasteiger partial charge on any atom is -0.361 e. The van der Waals surface area contributed by atoms with Crippen LogP contribution in [0.5, 0.6) is 0 Å². The van der Waals surface area contributed by atoms with Crippen LogP contribution in [-0.4, -0.2) is 58.3 Å². The molecule has 0 unspecified atom stereocenters. The standard InChI is InChI=1S/C27H34N4O3/c1-5-29-12-14-30(15-13-29)26(32)17-22(19-6-8-20(9-7-19)27(2,3)4)24-18-28-25-11-10-21(31(33)34)16-23(24)25/h6-11,16,18,22,28H,5,12-15,17H2,1-4H3/t22-/m1/s1. The van der Waals surface area contributed by atoms with Gasteiger partial charge in [0, 0.05) is 67.8 Å². The highest BCUT2D eigenvalue weighted by Crippen LogP contribution is 2.36. The molecule has 180 valence electrons. The van der Waals surface area contributed by atoms with E-state index in [4.69, 9.17) is 0 Å². The molecule has 1 aliphatic heterocycles. The maximum Gasteiger partial charge on any atom is 0.270 e. The molecule has 2 aromatic carbocycles. The summed E-state index contributed by atoms with van der Waals surface area (Å²) in [7, 11) is 0. The molecule has 1 saturated heterocycles. The molecule has 0 bridgehead atoms. The van der Waals surface area contributed by atoms with Crippen LogP contribution >= 0.6 is 0 Å². The lowest BCUT2D eigenvalue weighted by molar-refractivity contribution is -0.384. The molecule has 1 N–H and O–H groups in total. The van der Waals surface area contributed by atoms with Crippen LogP contribution in [0.1, 0.15) is 56.7 Å². The maximum atomic E-state index is 13.4. The Kier molecular flexibility index (Phi) is 6.75. The molecular weight excluding hydrogens is 428 g/mol. The average Bonchev–Trinajstić information content (AvgIpc) is 3.25. The van der Waals surface area contributed by atoms with Gasteiger partial charge in [-0.25, -0.2) is 0 Å². The number of benzene rings is 2. The summed E-state index contributed by atoms with van der Waals surface area (Å²) >= 11 is 0. The highest BCUT2D eigenvalue weighted by Gasteiger charge is 2.27. The van der Waals surface area contributed by atoms with E-state index in [0.29, 0.717) is 6.42 Å². The van der Waals surface area contributed by atoms with Crippen LogP contribution in [0.3, 0.4) is 0 Å². The number of hydrogen-bond acceptors (Lipinski definition) is 4. The number of likely N-dealkylation sites (N-methyl/N-ethyl adjacent to an activating group) is 1. The number of aromatic amines is 1. The number of nitro benzene ring substituents is 1. The molecule has 4 rings (SSSR count). The van der Waals surface area contributed by atoms with Crippen LogP contribution in [0, 0.1) is 10.1 Å². The molecule has 7 heteroatoms. The summed E-state index contributed by atoms with van der Waals surface area (Å²) in [6, 6.07) is 13.3. The smallest absolute Gasteiger partial charge is 0.270 e. The molecular formula is C27H34N4O3. The van der Waals surface area contributed by atoms with Crippen molar-refractivity contribution in [2.45, 2.75) is 45.4 Å². The highest BCUT2D eigenvalue weighted by molar-refractivity contribution is 5.87. The first-order valence-corrected chi connectivity index (χ1v) is 12.0. The topological polar surface area (TPSA) is 82.5 Å². The van der Waals surface area contributed by atoms with Crippen LogP contribution in [0.2, 0.25) is 0 Å². The van der Waals surface area contributed by atoms with Gasteiger partial charge in [0.05, 0.1) is 4.92 Å². The fraction of sp³-hybridized carbons (Fsp3) is 0.444. The van der Waals surface area contributed by atoms with E-state index in [2.05, 4.69) is 61.8 Å². The number of amides is 1. The van der Waals surface area contributed by atoms with Gasteiger partial charge in [-0.2, -0.15) is 0 Å². The average molecular weight is 463 g/mol. The number of nitrogens with one attached hydrogen (secondary N) is 1. The lowest BCUT2D eigenvalue weighted by atomic mass is 9.83. The number of nitro groups is 1. The maximum absolute atomic E-state index is 13.4. The second-order valence-electron chi connectivity index (χ2n) is 10.2. The molecule has 2 heterocycles. The van der Waals surface area contributed by atoms with Gasteiger partial charge in [-0.15, -0.1) is 0 Å². The van der Waals surface area contributed by atoms with Gasteiger partial charge in [0.25, 0.3) is 5.69 Å². The van der Waals surface area contributed by atoms with Crippen molar-refractivity contribution in [1.82, 2.24) is 14.8 Å². The van der Waals surface area contributed by atoms with Crippen LogP contribution in [0.25, 0.3) is 10.9 Å². The second-order valence-corrected chi connectivity index (χ2v) is 10.2. The molecule has 3 aromatic rings. The highest BCUT2D eigenvalue weighted by atomic mass is 16.6. The Hall–Kier alpha value is -3.19. The van der Waals surface area contributed by atoms with Crippen molar-refractivity contribution >= 4 is 22.5 Å². The minimum atomic E-state index is -0.373. The normalized spacial score (nSPS) is 16.1. The SMILES string of the molecule is CCN1CCN(C(=O)C[C@H](c2ccc(C(C)(C)C)cc2)c2c[nH]c3ccc([N+](=O)[O-])cc23)CC1. The van der Waals surface area contributed by atoms with Crippen molar-refractivity contribution in [3.05, 3.63) is 75.5 Å². The molecule has 0 saturated carbocycles. The predicted octanol–water partition coefficient (Wildman–Crippen LogP) is 5.06. The third-order valence-corrected chi connectivity index (χ3v) is 7.01. The molecule has 1 aliphatic rings. The molecule has 1 atom stereocenters. The lowest BCUT2D eigenvalue weighted by Crippen LogP contribution is -2.48. The fourth-order valence-corrected chi connectivity index (χ4v) is 4.77. The van der Waals surface area contributed by atoms with E-state index in [1.807, 2.05) is 11.1 Å². The Labute approximate surface area is 200 Å². The zero-order valence-corrected chi connectivity index (χ0v) is 20.5. The number of fused-ring (bicyclic) bond motifs is 1. The molecule has 1 fully saturated rings. The molecule has 0 spiro atoms. The summed E-state index contributed by atoms with van der Waals surface area (Å²) < 4.78 is 0. The van der Waals surface area contributed by atoms with Crippen LogP contribution in [-0.2, 0) is 10.2 Å². The molecule has 34 heavy (non-hydrogen) atoms. The molecule has 0 aliphatic carbocycles. The first kappa shape index (κ1) is 24.0. The van der Waals surface area contributed by atoms with Gasteiger partial charge < -0.3 is 14.8 Å². The van der Waals surface area contributed by atoms with E-state index in [1.165, 1.54) is 11.6 Å². The quantitative estimate of drug-likeness (QED) is 0.410. The number of carbonyl (C=O) groups excluding carboxylic acids is 1. The van der Waals surface area contributed by atoms with E-state index in [-0.39, 0.29) is 27.9 Å². The number of piperazine rings is 1. The summed E-state index contributed by atoms with van der Waals surface area (Å²) in [5.41, 5.74) is 4.11. The van der Waals surface area contributed by atoms with Gasteiger partial charge >= 0.3 is 0 Å². The summed E-state index contributed by atoms with van der Waals surface area (Å²) in [5.74, 6) is -0.0677. The fourth-order valence-electron chi connectivity index (χ4n) is 4.77. The first-order valence-electron chi connectivity index (χ1n) is 12.0. The van der Waals surface area contributed by atoms with Gasteiger partial charge in [-0.1, -0.05) is 52.0 Å².